The van der Waals surface area contributed by atoms with Crippen LogP contribution >= 0.6 is 0 Å². The second-order valence-electron chi connectivity index (χ2n) is 6.59. The summed E-state index contributed by atoms with van der Waals surface area (Å²) in [5.41, 5.74) is -1.44. The van der Waals surface area contributed by atoms with Crippen molar-refractivity contribution in [3.63, 3.8) is 0 Å². The Kier molecular flexibility index (Phi) is 5.34. The number of hydrogen-bond acceptors (Lipinski definition) is 5. The Labute approximate surface area is 139 Å². The van der Waals surface area contributed by atoms with Gasteiger partial charge in [0, 0.05) is 38.4 Å². The van der Waals surface area contributed by atoms with Crippen molar-refractivity contribution in [2.24, 2.45) is 0 Å². The van der Waals surface area contributed by atoms with Crippen molar-refractivity contribution in [1.82, 2.24) is 4.90 Å². The van der Waals surface area contributed by atoms with Crippen LogP contribution in [0.1, 0.15) is 19.3 Å². The van der Waals surface area contributed by atoms with Gasteiger partial charge < -0.3 is 19.7 Å². The van der Waals surface area contributed by atoms with Crippen molar-refractivity contribution >= 4 is 0 Å². The SMILES string of the molecule is O[C@H]1CCN(C2CCOCC2)C[C@]1(O)COc1ccc(F)c(F)c1. The molecule has 0 amide bonds. The molecule has 2 heterocycles. The molecule has 2 aliphatic heterocycles. The van der Waals surface area contributed by atoms with E-state index in [9.17, 15) is 19.0 Å². The number of ether oxygens (including phenoxy) is 2. The molecule has 0 saturated carbocycles. The smallest absolute Gasteiger partial charge is 0.162 e. The highest BCUT2D eigenvalue weighted by Gasteiger charge is 2.43. The van der Waals surface area contributed by atoms with Crippen molar-refractivity contribution in [2.45, 2.75) is 37.0 Å². The summed E-state index contributed by atoms with van der Waals surface area (Å²) in [5.74, 6) is -1.84. The summed E-state index contributed by atoms with van der Waals surface area (Å²) in [4.78, 5) is 2.16. The van der Waals surface area contributed by atoms with Gasteiger partial charge in [-0.15, -0.1) is 0 Å². The third-order valence-electron chi connectivity index (χ3n) is 4.87. The van der Waals surface area contributed by atoms with Crippen LogP contribution in [0.25, 0.3) is 0 Å². The third kappa shape index (κ3) is 3.85. The van der Waals surface area contributed by atoms with Crippen LogP contribution in [0.15, 0.2) is 18.2 Å². The number of likely N-dealkylation sites (tertiary alicyclic amines) is 1. The summed E-state index contributed by atoms with van der Waals surface area (Å²) in [6, 6.07) is 3.53. The summed E-state index contributed by atoms with van der Waals surface area (Å²) >= 11 is 0. The van der Waals surface area contributed by atoms with E-state index < -0.39 is 23.3 Å². The lowest BCUT2D eigenvalue weighted by molar-refractivity contribution is -0.149. The van der Waals surface area contributed by atoms with E-state index in [0.29, 0.717) is 32.2 Å². The Balaban J connectivity index is 1.63. The Morgan fingerprint density at radius 3 is 2.67 bits per heavy atom. The zero-order valence-electron chi connectivity index (χ0n) is 13.5. The number of benzene rings is 1. The number of hydrogen-bond donors (Lipinski definition) is 2. The zero-order valence-corrected chi connectivity index (χ0v) is 13.5. The van der Waals surface area contributed by atoms with Gasteiger partial charge in [-0.1, -0.05) is 0 Å². The highest BCUT2D eigenvalue weighted by atomic mass is 19.2. The fourth-order valence-electron chi connectivity index (χ4n) is 3.37. The van der Waals surface area contributed by atoms with Gasteiger partial charge in [0.2, 0.25) is 0 Å². The monoisotopic (exact) mass is 343 g/mol. The second-order valence-corrected chi connectivity index (χ2v) is 6.59. The minimum Gasteiger partial charge on any atom is -0.490 e. The van der Waals surface area contributed by atoms with Crippen LogP contribution in [-0.2, 0) is 4.74 Å². The molecule has 2 N–H and O–H groups in total. The molecule has 134 valence electrons. The minimum absolute atomic E-state index is 0.123. The molecule has 2 aliphatic rings. The quantitative estimate of drug-likeness (QED) is 0.863. The first-order valence-corrected chi connectivity index (χ1v) is 8.28. The van der Waals surface area contributed by atoms with Gasteiger partial charge in [-0.25, -0.2) is 8.78 Å². The van der Waals surface area contributed by atoms with Crippen molar-refractivity contribution in [3.8, 4) is 5.75 Å². The summed E-state index contributed by atoms with van der Waals surface area (Å²) in [7, 11) is 0. The Hall–Kier alpha value is -1.28. The van der Waals surface area contributed by atoms with Crippen molar-refractivity contribution in [1.29, 1.82) is 0 Å². The van der Waals surface area contributed by atoms with Gasteiger partial charge in [-0.3, -0.25) is 4.90 Å². The zero-order chi connectivity index (χ0) is 17.2. The molecule has 3 rings (SSSR count). The maximum atomic E-state index is 13.2. The maximum absolute atomic E-state index is 13.2. The number of nitrogens with zero attached hydrogens (tertiary/aromatic N) is 1. The topological polar surface area (TPSA) is 62.2 Å². The number of rotatable bonds is 4. The lowest BCUT2D eigenvalue weighted by atomic mass is 9.88. The van der Waals surface area contributed by atoms with E-state index in [2.05, 4.69) is 4.90 Å². The van der Waals surface area contributed by atoms with E-state index in [0.717, 1.165) is 25.0 Å². The van der Waals surface area contributed by atoms with Gasteiger partial charge in [-0.2, -0.15) is 0 Å². The van der Waals surface area contributed by atoms with Crippen LogP contribution in [0.2, 0.25) is 0 Å². The largest absolute Gasteiger partial charge is 0.490 e. The highest BCUT2D eigenvalue weighted by molar-refractivity contribution is 5.23. The van der Waals surface area contributed by atoms with E-state index in [1.54, 1.807) is 0 Å². The number of piperidine rings is 1. The molecule has 1 aromatic rings. The molecule has 7 heteroatoms. The standard InChI is InChI=1S/C17H23F2NO4/c18-14-2-1-13(9-15(14)19)24-11-17(22)10-20(6-3-16(17)21)12-4-7-23-8-5-12/h1-2,9,12,16,21-22H,3-8,10-11H2/t16-,17-/m0/s1. The molecule has 0 aromatic heterocycles. The summed E-state index contributed by atoms with van der Waals surface area (Å²) in [5, 5.41) is 21.0. The molecule has 5 nitrogen and oxygen atoms in total. The Morgan fingerprint density at radius 1 is 1.21 bits per heavy atom. The predicted octanol–water partition coefficient (Wildman–Crippen LogP) is 1.32. The first kappa shape index (κ1) is 17.5. The first-order chi connectivity index (χ1) is 11.5. The van der Waals surface area contributed by atoms with Gasteiger partial charge in [0.15, 0.2) is 11.6 Å². The fraction of sp³-hybridized carbons (Fsp3) is 0.647. The van der Waals surface area contributed by atoms with Crippen LogP contribution in [0.3, 0.4) is 0 Å². The summed E-state index contributed by atoms with van der Waals surface area (Å²) in [6.07, 6.45) is 1.32. The normalized spacial score (nSPS) is 29.6. The molecule has 2 fully saturated rings. The minimum atomic E-state index is -1.44. The molecular formula is C17H23F2NO4. The summed E-state index contributed by atoms with van der Waals surface area (Å²) in [6.45, 7) is 2.21. The predicted molar refractivity (Wildman–Crippen MR) is 82.8 cm³/mol. The highest BCUT2D eigenvalue weighted by Crippen LogP contribution is 2.27. The average molecular weight is 343 g/mol. The summed E-state index contributed by atoms with van der Waals surface area (Å²) < 4.78 is 37.0. The first-order valence-electron chi connectivity index (χ1n) is 8.28. The van der Waals surface area contributed by atoms with Crippen LogP contribution in [-0.4, -0.2) is 65.8 Å². The number of aliphatic hydroxyl groups is 2. The van der Waals surface area contributed by atoms with E-state index in [1.165, 1.54) is 6.07 Å². The van der Waals surface area contributed by atoms with Gasteiger partial charge in [0.05, 0.1) is 6.10 Å². The molecular weight excluding hydrogens is 320 g/mol. The molecule has 0 spiro atoms. The van der Waals surface area contributed by atoms with Crippen molar-refractivity contribution in [2.75, 3.05) is 32.9 Å². The molecule has 2 atom stereocenters. The molecule has 1 aromatic carbocycles. The van der Waals surface area contributed by atoms with E-state index >= 15 is 0 Å². The second kappa shape index (κ2) is 7.31. The van der Waals surface area contributed by atoms with E-state index in [4.69, 9.17) is 9.47 Å². The molecule has 2 saturated heterocycles. The van der Waals surface area contributed by atoms with Gasteiger partial charge in [0.25, 0.3) is 0 Å². The van der Waals surface area contributed by atoms with Crippen LogP contribution < -0.4 is 4.74 Å². The number of halogens is 2. The van der Waals surface area contributed by atoms with Crippen molar-refractivity contribution in [3.05, 3.63) is 29.8 Å². The van der Waals surface area contributed by atoms with Gasteiger partial charge in [0.1, 0.15) is 18.0 Å². The Bertz CT molecular complexity index is 568. The van der Waals surface area contributed by atoms with Gasteiger partial charge >= 0.3 is 0 Å². The van der Waals surface area contributed by atoms with Gasteiger partial charge in [-0.05, 0) is 31.4 Å². The molecule has 0 radical (unpaired) electrons. The lowest BCUT2D eigenvalue weighted by Gasteiger charge is -2.46. The van der Waals surface area contributed by atoms with Crippen LogP contribution in [0.4, 0.5) is 8.78 Å². The molecule has 0 bridgehead atoms. The fourth-order valence-corrected chi connectivity index (χ4v) is 3.37. The van der Waals surface area contributed by atoms with Crippen molar-refractivity contribution < 1.29 is 28.5 Å². The Morgan fingerprint density at radius 2 is 1.96 bits per heavy atom. The molecule has 0 unspecified atom stereocenters. The number of β-amino-alcohol motifs (C(OH)–C–C–N with tert-alkyl or cyclic N) is 1. The molecule has 24 heavy (non-hydrogen) atoms. The van der Waals surface area contributed by atoms with E-state index in [-0.39, 0.29) is 18.9 Å². The van der Waals surface area contributed by atoms with Crippen LogP contribution in [0, 0.1) is 11.6 Å². The van der Waals surface area contributed by atoms with E-state index in [1.807, 2.05) is 0 Å². The molecule has 0 aliphatic carbocycles. The maximum Gasteiger partial charge on any atom is 0.162 e. The third-order valence-corrected chi connectivity index (χ3v) is 4.87. The average Bonchev–Trinajstić information content (AvgIpc) is 2.59. The van der Waals surface area contributed by atoms with Crippen LogP contribution in [0.5, 0.6) is 5.75 Å². The number of aliphatic hydroxyl groups excluding tert-OH is 1. The lowest BCUT2D eigenvalue weighted by Crippen LogP contribution is -2.62.